The molecule has 8 heteroatoms. The van der Waals surface area contributed by atoms with Crippen LogP contribution in [0.3, 0.4) is 0 Å². The number of nitrogens with zero attached hydrogens (tertiary/aromatic N) is 3. The molecule has 4 rings (SSSR count). The van der Waals surface area contributed by atoms with E-state index in [9.17, 15) is 19.5 Å². The SMILES string of the molecule is CCCN1CC=C[C@@]2(CC)O[C@]34C=CCN(C(C)(C)C)C(=O)C3N([C@@H](CO)C(C)C)C(=O)[C@@H]4[C@H]2C1=O. The smallest absolute Gasteiger partial charge is 0.249 e. The van der Waals surface area contributed by atoms with Gasteiger partial charge in [-0.2, -0.15) is 0 Å². The summed E-state index contributed by atoms with van der Waals surface area (Å²) in [5, 5.41) is 10.4. The summed E-state index contributed by atoms with van der Waals surface area (Å²) in [7, 11) is 0. The fourth-order valence-electron chi connectivity index (χ4n) is 6.80. The largest absolute Gasteiger partial charge is 0.394 e. The summed E-state index contributed by atoms with van der Waals surface area (Å²) in [5.41, 5.74) is -2.74. The molecule has 1 spiro atoms. The molecule has 0 aromatic heterocycles. The third-order valence-corrected chi connectivity index (χ3v) is 8.58. The van der Waals surface area contributed by atoms with Crippen LogP contribution >= 0.6 is 0 Å². The third-order valence-electron chi connectivity index (χ3n) is 8.58. The standard InChI is InChI=1S/C28H43N3O5/c1-8-14-29-15-10-12-27(9-2)20(23(29)33)21-24(34)31(19(17-32)18(3)4)22-25(35)30(26(5,6)7)16-11-13-28(21,22)36-27/h10-13,18-22,32H,8-9,14-17H2,1-7H3/t19-,20-,21-,22?,27+,28-/m0/s1. The van der Waals surface area contributed by atoms with Gasteiger partial charge in [0.25, 0.3) is 0 Å². The van der Waals surface area contributed by atoms with Crippen molar-refractivity contribution >= 4 is 17.7 Å². The van der Waals surface area contributed by atoms with E-state index in [1.807, 2.05) is 77.7 Å². The fraction of sp³-hybridized carbons (Fsp3) is 0.750. The van der Waals surface area contributed by atoms with Crippen molar-refractivity contribution in [3.63, 3.8) is 0 Å². The molecule has 0 saturated carbocycles. The molecule has 0 aromatic rings. The Morgan fingerprint density at radius 1 is 1.03 bits per heavy atom. The molecular formula is C28H43N3O5. The predicted molar refractivity (Wildman–Crippen MR) is 137 cm³/mol. The maximum atomic E-state index is 14.4. The van der Waals surface area contributed by atoms with Crippen LogP contribution in [0.1, 0.15) is 61.3 Å². The average Bonchev–Trinajstić information content (AvgIpc) is 3.09. The van der Waals surface area contributed by atoms with Crippen LogP contribution in [0.2, 0.25) is 0 Å². The number of aliphatic hydroxyl groups excluding tert-OH is 1. The van der Waals surface area contributed by atoms with Crippen LogP contribution in [0.15, 0.2) is 24.3 Å². The highest BCUT2D eigenvalue weighted by Gasteiger charge is 2.76. The number of hydrogen-bond donors (Lipinski definition) is 1. The molecule has 0 aromatic carbocycles. The lowest BCUT2D eigenvalue weighted by Crippen LogP contribution is -2.62. The van der Waals surface area contributed by atoms with Gasteiger partial charge >= 0.3 is 0 Å². The Hall–Kier alpha value is -2.19. The van der Waals surface area contributed by atoms with Crippen LogP contribution in [0, 0.1) is 17.8 Å². The van der Waals surface area contributed by atoms with E-state index in [2.05, 4.69) is 0 Å². The van der Waals surface area contributed by atoms with Crippen molar-refractivity contribution in [3.05, 3.63) is 24.3 Å². The number of amides is 3. The van der Waals surface area contributed by atoms with Crippen molar-refractivity contribution in [3.8, 4) is 0 Å². The molecule has 0 radical (unpaired) electrons. The lowest BCUT2D eigenvalue weighted by Gasteiger charge is -2.44. The van der Waals surface area contributed by atoms with Gasteiger partial charge in [-0.3, -0.25) is 14.4 Å². The molecule has 4 aliphatic rings. The Morgan fingerprint density at radius 2 is 1.69 bits per heavy atom. The molecule has 0 bridgehead atoms. The van der Waals surface area contributed by atoms with Crippen LogP contribution in [0.5, 0.6) is 0 Å². The highest BCUT2D eigenvalue weighted by atomic mass is 16.5. The quantitative estimate of drug-likeness (QED) is 0.565. The van der Waals surface area contributed by atoms with Crippen molar-refractivity contribution < 1.29 is 24.2 Å². The zero-order chi connectivity index (χ0) is 26.6. The van der Waals surface area contributed by atoms with Gasteiger partial charge in [0.15, 0.2) is 0 Å². The summed E-state index contributed by atoms with van der Waals surface area (Å²) in [6.07, 6.45) is 9.06. The fourth-order valence-corrected chi connectivity index (χ4v) is 6.80. The van der Waals surface area contributed by atoms with E-state index in [0.717, 1.165) is 6.42 Å². The Morgan fingerprint density at radius 3 is 2.25 bits per heavy atom. The first-order valence-electron chi connectivity index (χ1n) is 13.5. The minimum atomic E-state index is -1.29. The van der Waals surface area contributed by atoms with E-state index >= 15 is 0 Å². The number of ether oxygens (including phenoxy) is 1. The number of likely N-dealkylation sites (tertiary alicyclic amines) is 1. The first-order valence-corrected chi connectivity index (χ1v) is 13.5. The van der Waals surface area contributed by atoms with E-state index in [-0.39, 0.29) is 30.2 Å². The maximum Gasteiger partial charge on any atom is 0.249 e. The Kier molecular flexibility index (Phi) is 6.92. The molecule has 4 heterocycles. The van der Waals surface area contributed by atoms with Gasteiger partial charge in [-0.15, -0.1) is 0 Å². The van der Waals surface area contributed by atoms with Crippen LogP contribution in [0.4, 0.5) is 0 Å². The van der Waals surface area contributed by atoms with Gasteiger partial charge in [-0.05, 0) is 39.5 Å². The van der Waals surface area contributed by atoms with E-state index in [1.165, 1.54) is 0 Å². The molecule has 2 fully saturated rings. The Labute approximate surface area is 215 Å². The Balaban J connectivity index is 1.95. The van der Waals surface area contributed by atoms with Crippen LogP contribution in [-0.4, -0.2) is 92.6 Å². The zero-order valence-electron chi connectivity index (χ0n) is 22.9. The molecule has 4 aliphatic heterocycles. The van der Waals surface area contributed by atoms with E-state index in [1.54, 1.807) is 9.80 Å². The molecule has 36 heavy (non-hydrogen) atoms. The van der Waals surface area contributed by atoms with Crippen LogP contribution in [-0.2, 0) is 19.1 Å². The summed E-state index contributed by atoms with van der Waals surface area (Å²) >= 11 is 0. The molecule has 8 nitrogen and oxygen atoms in total. The topological polar surface area (TPSA) is 90.4 Å². The number of fused-ring (bicyclic) bond motifs is 2. The van der Waals surface area contributed by atoms with Gasteiger partial charge in [-0.25, -0.2) is 0 Å². The summed E-state index contributed by atoms with van der Waals surface area (Å²) in [6, 6.07) is -1.52. The molecule has 0 aliphatic carbocycles. The van der Waals surface area contributed by atoms with Gasteiger partial charge in [0, 0.05) is 25.2 Å². The number of rotatable bonds is 6. The normalized spacial score (nSPS) is 35.2. The number of hydrogen-bond acceptors (Lipinski definition) is 5. The van der Waals surface area contributed by atoms with Gasteiger partial charge in [-0.1, -0.05) is 52.0 Å². The first-order chi connectivity index (χ1) is 16.9. The van der Waals surface area contributed by atoms with Gasteiger partial charge in [0.05, 0.1) is 30.1 Å². The molecule has 2 saturated heterocycles. The summed E-state index contributed by atoms with van der Waals surface area (Å²) in [4.78, 5) is 48.0. The lowest BCUT2D eigenvalue weighted by atomic mass is 9.73. The summed E-state index contributed by atoms with van der Waals surface area (Å²) < 4.78 is 6.97. The molecular weight excluding hydrogens is 458 g/mol. The monoisotopic (exact) mass is 501 g/mol. The van der Waals surface area contributed by atoms with Gasteiger partial charge in [0.1, 0.15) is 11.6 Å². The summed E-state index contributed by atoms with van der Waals surface area (Å²) in [5.74, 6) is -2.24. The number of aliphatic hydroxyl groups is 1. The summed E-state index contributed by atoms with van der Waals surface area (Å²) in [6.45, 7) is 15.0. The maximum absolute atomic E-state index is 14.4. The molecule has 1 unspecified atom stereocenters. The second kappa shape index (κ2) is 9.28. The predicted octanol–water partition coefficient (Wildman–Crippen LogP) is 2.37. The zero-order valence-corrected chi connectivity index (χ0v) is 22.9. The van der Waals surface area contributed by atoms with E-state index in [0.29, 0.717) is 26.1 Å². The van der Waals surface area contributed by atoms with Crippen molar-refractivity contribution in [1.82, 2.24) is 14.7 Å². The van der Waals surface area contributed by atoms with Crippen LogP contribution in [0.25, 0.3) is 0 Å². The molecule has 6 atom stereocenters. The minimum absolute atomic E-state index is 0.0878. The third kappa shape index (κ3) is 3.74. The second-order valence-corrected chi connectivity index (χ2v) is 12.1. The molecule has 3 amide bonds. The number of carbonyl (C=O) groups is 3. The van der Waals surface area contributed by atoms with Crippen molar-refractivity contribution in [2.45, 2.75) is 90.1 Å². The first kappa shape index (κ1) is 26.9. The van der Waals surface area contributed by atoms with Crippen molar-refractivity contribution in [2.24, 2.45) is 17.8 Å². The molecule has 200 valence electrons. The average molecular weight is 502 g/mol. The molecule has 1 N–H and O–H groups in total. The van der Waals surface area contributed by atoms with Crippen LogP contribution < -0.4 is 0 Å². The lowest BCUT2D eigenvalue weighted by molar-refractivity contribution is -0.160. The van der Waals surface area contributed by atoms with Crippen molar-refractivity contribution in [2.75, 3.05) is 26.2 Å². The van der Waals surface area contributed by atoms with Gasteiger partial charge in [0.2, 0.25) is 17.7 Å². The van der Waals surface area contributed by atoms with Crippen molar-refractivity contribution in [1.29, 1.82) is 0 Å². The number of carbonyl (C=O) groups excluding carboxylic acids is 3. The minimum Gasteiger partial charge on any atom is -0.394 e. The second-order valence-electron chi connectivity index (χ2n) is 12.1. The van der Waals surface area contributed by atoms with E-state index in [4.69, 9.17) is 4.74 Å². The van der Waals surface area contributed by atoms with Gasteiger partial charge < -0.3 is 24.5 Å². The van der Waals surface area contributed by atoms with E-state index < -0.39 is 40.7 Å². The highest BCUT2D eigenvalue weighted by molar-refractivity contribution is 6.00. The highest BCUT2D eigenvalue weighted by Crippen LogP contribution is 2.59. The Bertz CT molecular complexity index is 969.